The van der Waals surface area contributed by atoms with Crippen LogP contribution in [0.1, 0.15) is 40.5 Å². The number of carbonyl (C=O) groups is 1. The van der Waals surface area contributed by atoms with E-state index in [9.17, 15) is 4.79 Å². The summed E-state index contributed by atoms with van der Waals surface area (Å²) in [6.45, 7) is 2.91. The van der Waals surface area contributed by atoms with Crippen LogP contribution >= 0.6 is 11.3 Å². The van der Waals surface area contributed by atoms with Crippen LogP contribution in [0.15, 0.2) is 30.3 Å². The monoisotopic (exact) mass is 406 g/mol. The molecule has 5 rings (SSSR count). The Bertz CT molecular complexity index is 1180. The van der Waals surface area contributed by atoms with E-state index in [1.165, 1.54) is 24.2 Å². The molecule has 0 bridgehead atoms. The van der Waals surface area contributed by atoms with Gasteiger partial charge in [0.25, 0.3) is 5.91 Å². The molecule has 0 spiro atoms. The lowest BCUT2D eigenvalue weighted by atomic mass is 10.2. The number of nitrogens with zero attached hydrogens (tertiary/aromatic N) is 5. The molecule has 3 aromatic heterocycles. The molecule has 8 heteroatoms. The molecule has 0 aliphatic carbocycles. The molecule has 29 heavy (non-hydrogen) atoms. The molecule has 1 aliphatic rings. The molecule has 0 radical (unpaired) electrons. The minimum absolute atomic E-state index is 0.108. The van der Waals surface area contributed by atoms with E-state index in [2.05, 4.69) is 25.2 Å². The van der Waals surface area contributed by atoms with E-state index in [1.54, 1.807) is 0 Å². The van der Waals surface area contributed by atoms with Crippen molar-refractivity contribution < 1.29 is 4.79 Å². The van der Waals surface area contributed by atoms with E-state index in [0.29, 0.717) is 4.88 Å². The van der Waals surface area contributed by atoms with Gasteiger partial charge >= 0.3 is 0 Å². The highest BCUT2D eigenvalue weighted by molar-refractivity contribution is 7.20. The maximum absolute atomic E-state index is 12.8. The first-order chi connectivity index (χ1) is 14.1. The number of amides is 1. The summed E-state index contributed by atoms with van der Waals surface area (Å²) in [5.74, 6) is 1.82. The summed E-state index contributed by atoms with van der Waals surface area (Å²) in [7, 11) is 1.90. The normalized spacial score (nSPS) is 14.0. The molecule has 1 N–H and O–H groups in total. The van der Waals surface area contributed by atoms with E-state index in [0.717, 1.165) is 58.2 Å². The second kappa shape index (κ2) is 7.11. The van der Waals surface area contributed by atoms with Crippen LogP contribution in [0.4, 0.5) is 5.69 Å². The first kappa shape index (κ1) is 18.1. The van der Waals surface area contributed by atoms with Crippen LogP contribution in [0.25, 0.3) is 21.6 Å². The molecule has 0 saturated heterocycles. The highest BCUT2D eigenvalue weighted by Crippen LogP contribution is 2.29. The fraction of sp³-hybridized carbons (Fsp3) is 0.333. The smallest absolute Gasteiger partial charge is 0.265 e. The summed E-state index contributed by atoms with van der Waals surface area (Å²) < 4.78 is 4.04. The Kier molecular flexibility index (Phi) is 4.43. The molecule has 0 atom stereocenters. The van der Waals surface area contributed by atoms with E-state index in [1.807, 2.05) is 49.0 Å². The molecule has 1 amide bonds. The summed E-state index contributed by atoms with van der Waals surface area (Å²) in [5.41, 5.74) is 2.66. The van der Waals surface area contributed by atoms with Crippen LogP contribution in [0.2, 0.25) is 0 Å². The Balaban J connectivity index is 1.42. The van der Waals surface area contributed by atoms with Crippen LogP contribution in [-0.4, -0.2) is 30.5 Å². The van der Waals surface area contributed by atoms with Crippen molar-refractivity contribution >= 4 is 33.1 Å². The number of benzene rings is 1. The lowest BCUT2D eigenvalue weighted by Gasteiger charge is -2.09. The average Bonchev–Trinajstić information content (AvgIpc) is 3.34. The highest BCUT2D eigenvalue weighted by atomic mass is 32.1. The van der Waals surface area contributed by atoms with Crippen molar-refractivity contribution in [2.24, 2.45) is 7.05 Å². The first-order valence-corrected chi connectivity index (χ1v) is 10.7. The Morgan fingerprint density at radius 3 is 2.93 bits per heavy atom. The third kappa shape index (κ3) is 3.23. The summed E-state index contributed by atoms with van der Waals surface area (Å²) >= 11 is 1.46. The van der Waals surface area contributed by atoms with Crippen molar-refractivity contribution in [1.82, 2.24) is 24.5 Å². The van der Waals surface area contributed by atoms with E-state index >= 15 is 0 Å². The maximum atomic E-state index is 12.8. The van der Waals surface area contributed by atoms with Crippen LogP contribution < -0.4 is 5.32 Å². The van der Waals surface area contributed by atoms with Crippen molar-refractivity contribution in [2.45, 2.75) is 39.2 Å². The number of thiophene rings is 1. The minimum atomic E-state index is -0.108. The third-order valence-corrected chi connectivity index (χ3v) is 6.61. The van der Waals surface area contributed by atoms with Crippen LogP contribution in [0.5, 0.6) is 0 Å². The van der Waals surface area contributed by atoms with E-state index in [-0.39, 0.29) is 5.91 Å². The van der Waals surface area contributed by atoms with Crippen molar-refractivity contribution in [2.75, 3.05) is 5.32 Å². The second-order valence-corrected chi connectivity index (χ2v) is 8.51. The summed E-state index contributed by atoms with van der Waals surface area (Å²) in [5, 5.41) is 17.3. The molecular weight excluding hydrogens is 384 g/mol. The third-order valence-electron chi connectivity index (χ3n) is 5.41. The molecule has 1 aromatic carbocycles. The summed E-state index contributed by atoms with van der Waals surface area (Å²) in [4.78, 5) is 14.5. The van der Waals surface area contributed by atoms with Gasteiger partial charge in [-0.1, -0.05) is 18.6 Å². The molecular formula is C21H22N6OS. The number of hydrogen-bond donors (Lipinski definition) is 1. The Morgan fingerprint density at radius 1 is 1.17 bits per heavy atom. The predicted octanol–water partition coefficient (Wildman–Crippen LogP) is 4.18. The number of carbonyl (C=O) groups excluding carboxylic acids is 1. The molecule has 148 valence electrons. The molecule has 0 fully saturated rings. The lowest BCUT2D eigenvalue weighted by molar-refractivity contribution is 0.103. The maximum Gasteiger partial charge on any atom is 0.265 e. The number of fused-ring (bicyclic) bond motifs is 2. The van der Waals surface area contributed by atoms with Crippen molar-refractivity contribution in [3.63, 3.8) is 0 Å². The van der Waals surface area contributed by atoms with Crippen molar-refractivity contribution in [1.29, 1.82) is 0 Å². The van der Waals surface area contributed by atoms with Gasteiger partial charge in [0, 0.05) is 36.7 Å². The average molecular weight is 407 g/mol. The van der Waals surface area contributed by atoms with Gasteiger partial charge in [0.15, 0.2) is 5.82 Å². The number of aryl methyl sites for hydroxylation is 3. The van der Waals surface area contributed by atoms with Crippen molar-refractivity contribution in [3.8, 4) is 11.4 Å². The largest absolute Gasteiger partial charge is 0.321 e. The van der Waals surface area contributed by atoms with Crippen LogP contribution in [0.3, 0.4) is 0 Å². The quantitative estimate of drug-likeness (QED) is 0.554. The standard InChI is InChI=1S/C21H22N6OS/c1-13-16-12-17(29-21(16)26(2)25-13)20(28)22-15-8-6-7-14(11-15)19-24-23-18-9-4-3-5-10-27(18)19/h6-8,11-12H,3-5,9-10H2,1-2H3,(H,22,28). The van der Waals surface area contributed by atoms with Gasteiger partial charge < -0.3 is 9.88 Å². The first-order valence-electron chi connectivity index (χ1n) is 9.87. The van der Waals surface area contributed by atoms with Gasteiger partial charge in [0.2, 0.25) is 0 Å². The predicted molar refractivity (Wildman–Crippen MR) is 114 cm³/mol. The Labute approximate surface area is 172 Å². The second-order valence-electron chi connectivity index (χ2n) is 7.48. The van der Waals surface area contributed by atoms with Crippen molar-refractivity contribution in [3.05, 3.63) is 46.7 Å². The Hall–Kier alpha value is -3.00. The molecule has 0 saturated carbocycles. The number of aromatic nitrogens is 5. The summed E-state index contributed by atoms with van der Waals surface area (Å²) in [6.07, 6.45) is 4.51. The van der Waals surface area contributed by atoms with Gasteiger partial charge in [-0.05, 0) is 38.0 Å². The van der Waals surface area contributed by atoms with Gasteiger partial charge in [-0.15, -0.1) is 21.5 Å². The fourth-order valence-electron chi connectivity index (χ4n) is 3.94. The number of hydrogen-bond acceptors (Lipinski definition) is 5. The zero-order valence-corrected chi connectivity index (χ0v) is 17.3. The zero-order valence-electron chi connectivity index (χ0n) is 16.5. The SMILES string of the molecule is Cc1nn(C)c2sc(C(=O)Nc3cccc(-c4nnc5n4CCCCC5)c3)cc12. The van der Waals surface area contributed by atoms with Gasteiger partial charge in [-0.3, -0.25) is 9.48 Å². The van der Waals surface area contributed by atoms with E-state index < -0.39 is 0 Å². The molecule has 0 unspecified atom stereocenters. The molecule has 7 nitrogen and oxygen atoms in total. The number of rotatable bonds is 3. The highest BCUT2D eigenvalue weighted by Gasteiger charge is 2.18. The molecule has 4 aromatic rings. The Morgan fingerprint density at radius 2 is 2.07 bits per heavy atom. The van der Waals surface area contributed by atoms with Gasteiger partial charge in [-0.25, -0.2) is 0 Å². The van der Waals surface area contributed by atoms with Gasteiger partial charge in [-0.2, -0.15) is 5.10 Å². The van der Waals surface area contributed by atoms with Crippen LogP contribution in [0, 0.1) is 6.92 Å². The topological polar surface area (TPSA) is 77.6 Å². The zero-order chi connectivity index (χ0) is 20.0. The van der Waals surface area contributed by atoms with E-state index in [4.69, 9.17) is 0 Å². The minimum Gasteiger partial charge on any atom is -0.321 e. The van der Waals surface area contributed by atoms with Crippen LogP contribution in [-0.2, 0) is 20.0 Å². The number of anilines is 1. The molecule has 4 heterocycles. The number of nitrogens with one attached hydrogen (secondary N) is 1. The summed E-state index contributed by atoms with van der Waals surface area (Å²) in [6, 6.07) is 9.76. The fourth-order valence-corrected chi connectivity index (χ4v) is 4.96. The van der Waals surface area contributed by atoms with Gasteiger partial charge in [0.05, 0.1) is 10.6 Å². The van der Waals surface area contributed by atoms with Gasteiger partial charge in [0.1, 0.15) is 10.7 Å². The lowest BCUT2D eigenvalue weighted by Crippen LogP contribution is -2.10. The molecule has 1 aliphatic heterocycles.